The van der Waals surface area contributed by atoms with E-state index < -0.39 is 24.2 Å². The lowest BCUT2D eigenvalue weighted by Crippen LogP contribution is -2.57. The molecule has 1 N–H and O–H groups in total. The number of halogens is 3. The molecule has 0 spiro atoms. The maximum absolute atomic E-state index is 13.1. The second-order valence-corrected chi connectivity index (χ2v) is 5.53. The van der Waals surface area contributed by atoms with Gasteiger partial charge in [0.1, 0.15) is 6.04 Å². The maximum atomic E-state index is 13.1. The molecule has 0 aromatic heterocycles. The summed E-state index contributed by atoms with van der Waals surface area (Å²) in [5, 5.41) is 2.60. The van der Waals surface area contributed by atoms with Gasteiger partial charge in [0.15, 0.2) is 0 Å². The number of amides is 2. The number of hydrogen-bond donors (Lipinski definition) is 1. The minimum Gasteiger partial charge on any atom is -0.352 e. The summed E-state index contributed by atoms with van der Waals surface area (Å²) in [7, 11) is 0. The number of rotatable bonds is 4. The molecular weight excluding hydrogens is 297 g/mol. The van der Waals surface area contributed by atoms with Gasteiger partial charge in [-0.2, -0.15) is 13.2 Å². The number of carbonyl (C=O) groups excluding carboxylic acids is 2. The number of carbonyl (C=O) groups is 2. The van der Waals surface area contributed by atoms with Gasteiger partial charge in [0.05, 0.1) is 0 Å². The SMILES string of the molecule is CCC(=CC(=O)N1C[C@H](NC(C)=O)CC[C@@H]1C(F)(F)F)CC. The first-order valence-corrected chi connectivity index (χ1v) is 7.52. The molecule has 0 bridgehead atoms. The van der Waals surface area contributed by atoms with E-state index in [4.69, 9.17) is 0 Å². The first-order valence-electron chi connectivity index (χ1n) is 7.52. The smallest absolute Gasteiger partial charge is 0.352 e. The molecule has 0 unspecified atom stereocenters. The second-order valence-electron chi connectivity index (χ2n) is 5.53. The van der Waals surface area contributed by atoms with Crippen molar-refractivity contribution in [2.24, 2.45) is 0 Å². The van der Waals surface area contributed by atoms with Gasteiger partial charge >= 0.3 is 6.18 Å². The zero-order chi connectivity index (χ0) is 16.9. The summed E-state index contributed by atoms with van der Waals surface area (Å²) in [5.41, 5.74) is 0.813. The molecule has 0 saturated carbocycles. The zero-order valence-corrected chi connectivity index (χ0v) is 13.2. The van der Waals surface area contributed by atoms with Gasteiger partial charge < -0.3 is 10.2 Å². The molecule has 7 heteroatoms. The third kappa shape index (κ3) is 5.03. The topological polar surface area (TPSA) is 49.4 Å². The molecule has 126 valence electrons. The molecule has 4 nitrogen and oxygen atoms in total. The standard InChI is InChI=1S/C15H23F3N2O2/c1-4-11(5-2)8-14(22)20-9-12(19-10(3)21)6-7-13(20)15(16,17)18/h8,12-13H,4-7,9H2,1-3H3,(H,19,21)/t12-,13-/m1/s1. The van der Waals surface area contributed by atoms with Crippen molar-refractivity contribution in [2.75, 3.05) is 6.54 Å². The summed E-state index contributed by atoms with van der Waals surface area (Å²) in [6, 6.07) is -2.21. The van der Waals surface area contributed by atoms with Crippen molar-refractivity contribution in [3.8, 4) is 0 Å². The zero-order valence-electron chi connectivity index (χ0n) is 13.2. The lowest BCUT2D eigenvalue weighted by atomic mass is 9.97. The van der Waals surface area contributed by atoms with Crippen molar-refractivity contribution >= 4 is 11.8 Å². The van der Waals surface area contributed by atoms with Gasteiger partial charge in [0.2, 0.25) is 11.8 Å². The molecule has 1 saturated heterocycles. The van der Waals surface area contributed by atoms with Crippen molar-refractivity contribution in [3.05, 3.63) is 11.6 Å². The maximum Gasteiger partial charge on any atom is 0.408 e. The first-order chi connectivity index (χ1) is 10.2. The highest BCUT2D eigenvalue weighted by Crippen LogP contribution is 2.32. The Morgan fingerprint density at radius 1 is 1.23 bits per heavy atom. The van der Waals surface area contributed by atoms with Gasteiger partial charge in [-0.05, 0) is 25.7 Å². The average molecular weight is 320 g/mol. The molecule has 22 heavy (non-hydrogen) atoms. The predicted molar refractivity (Wildman–Crippen MR) is 77.1 cm³/mol. The van der Waals surface area contributed by atoms with Crippen LogP contribution in [-0.2, 0) is 9.59 Å². The predicted octanol–water partition coefficient (Wildman–Crippen LogP) is 2.79. The van der Waals surface area contributed by atoms with Gasteiger partial charge in [-0.1, -0.05) is 19.4 Å². The summed E-state index contributed by atoms with van der Waals surface area (Å²) >= 11 is 0. The van der Waals surface area contributed by atoms with E-state index in [9.17, 15) is 22.8 Å². The van der Waals surface area contributed by atoms with Crippen LogP contribution in [0, 0.1) is 0 Å². The van der Waals surface area contributed by atoms with Crippen LogP contribution < -0.4 is 5.32 Å². The van der Waals surface area contributed by atoms with E-state index in [-0.39, 0.29) is 25.3 Å². The molecule has 2 amide bonds. The summed E-state index contributed by atoms with van der Waals surface area (Å²) in [4.78, 5) is 24.2. The highest BCUT2D eigenvalue weighted by atomic mass is 19.4. The number of piperidine rings is 1. The molecule has 0 radical (unpaired) electrons. The molecule has 0 aliphatic carbocycles. The third-order valence-corrected chi connectivity index (χ3v) is 3.89. The van der Waals surface area contributed by atoms with Gasteiger partial charge in [-0.15, -0.1) is 0 Å². The van der Waals surface area contributed by atoms with Crippen molar-refractivity contribution in [3.63, 3.8) is 0 Å². The Morgan fingerprint density at radius 2 is 1.82 bits per heavy atom. The van der Waals surface area contributed by atoms with E-state index in [0.29, 0.717) is 12.8 Å². The van der Waals surface area contributed by atoms with E-state index in [1.165, 1.54) is 13.0 Å². The Labute approximate surface area is 128 Å². The van der Waals surface area contributed by atoms with Crippen LogP contribution in [0.5, 0.6) is 0 Å². The van der Waals surface area contributed by atoms with E-state index in [0.717, 1.165) is 10.5 Å². The fourth-order valence-corrected chi connectivity index (χ4v) is 2.67. The van der Waals surface area contributed by atoms with E-state index >= 15 is 0 Å². The molecule has 0 aromatic rings. The monoisotopic (exact) mass is 320 g/mol. The van der Waals surface area contributed by atoms with Crippen LogP contribution in [0.25, 0.3) is 0 Å². The minimum atomic E-state index is -4.46. The van der Waals surface area contributed by atoms with Gasteiger partial charge in [-0.3, -0.25) is 9.59 Å². The minimum absolute atomic E-state index is 0.111. The summed E-state index contributed by atoms with van der Waals surface area (Å²) < 4.78 is 39.4. The van der Waals surface area contributed by atoms with Crippen molar-refractivity contribution < 1.29 is 22.8 Å². The lowest BCUT2D eigenvalue weighted by Gasteiger charge is -2.40. The third-order valence-electron chi connectivity index (χ3n) is 3.89. The fraction of sp³-hybridized carbons (Fsp3) is 0.733. The molecular formula is C15H23F3N2O2. The molecule has 0 aromatic carbocycles. The molecule has 1 heterocycles. The summed E-state index contributed by atoms with van der Waals surface area (Å²) in [5.74, 6) is -0.933. The lowest BCUT2D eigenvalue weighted by molar-refractivity contribution is -0.195. The molecule has 2 atom stereocenters. The van der Waals surface area contributed by atoms with E-state index in [2.05, 4.69) is 5.32 Å². The number of allylic oxidation sites excluding steroid dienone is 1. The van der Waals surface area contributed by atoms with Gasteiger partial charge in [0, 0.05) is 25.6 Å². The van der Waals surface area contributed by atoms with Crippen LogP contribution in [0.4, 0.5) is 13.2 Å². The van der Waals surface area contributed by atoms with Crippen LogP contribution in [0.15, 0.2) is 11.6 Å². The average Bonchev–Trinajstić information content (AvgIpc) is 2.42. The summed E-state index contributed by atoms with van der Waals surface area (Å²) in [6.07, 6.45) is -1.88. The van der Waals surface area contributed by atoms with Gasteiger partial charge in [-0.25, -0.2) is 0 Å². The number of hydrogen-bond acceptors (Lipinski definition) is 2. The van der Waals surface area contributed by atoms with Crippen LogP contribution in [0.2, 0.25) is 0 Å². The number of likely N-dealkylation sites (tertiary alicyclic amines) is 1. The van der Waals surface area contributed by atoms with Crippen LogP contribution in [0.3, 0.4) is 0 Å². The number of nitrogens with one attached hydrogen (secondary N) is 1. The van der Waals surface area contributed by atoms with Crippen LogP contribution >= 0.6 is 0 Å². The Bertz CT molecular complexity index is 441. The fourth-order valence-electron chi connectivity index (χ4n) is 2.67. The van der Waals surface area contributed by atoms with Crippen molar-refractivity contribution in [1.29, 1.82) is 0 Å². The van der Waals surface area contributed by atoms with E-state index in [1.807, 2.05) is 13.8 Å². The molecule has 1 rings (SSSR count). The Hall–Kier alpha value is -1.53. The molecule has 1 aliphatic rings. The highest BCUT2D eigenvalue weighted by Gasteiger charge is 2.47. The second kappa shape index (κ2) is 7.65. The highest BCUT2D eigenvalue weighted by molar-refractivity contribution is 5.88. The Balaban J connectivity index is 2.96. The summed E-state index contributed by atoms with van der Waals surface area (Å²) in [6.45, 7) is 4.92. The van der Waals surface area contributed by atoms with Gasteiger partial charge in [0.25, 0.3) is 0 Å². The van der Waals surface area contributed by atoms with Crippen molar-refractivity contribution in [1.82, 2.24) is 10.2 Å². The first kappa shape index (κ1) is 18.5. The van der Waals surface area contributed by atoms with Crippen LogP contribution in [0.1, 0.15) is 46.5 Å². The van der Waals surface area contributed by atoms with E-state index in [1.54, 1.807) is 0 Å². The molecule has 1 aliphatic heterocycles. The number of alkyl halides is 3. The largest absolute Gasteiger partial charge is 0.408 e. The Kier molecular flexibility index (Phi) is 6.44. The van der Waals surface area contributed by atoms with Crippen LogP contribution in [-0.4, -0.2) is 41.5 Å². The molecule has 1 fully saturated rings. The van der Waals surface area contributed by atoms with Crippen molar-refractivity contribution in [2.45, 2.75) is 64.7 Å². The Morgan fingerprint density at radius 3 is 2.27 bits per heavy atom. The number of nitrogens with zero attached hydrogens (tertiary/aromatic N) is 1. The normalized spacial score (nSPS) is 22.2. The quantitative estimate of drug-likeness (QED) is 0.810.